The number of nitrogens with zero attached hydrogens (tertiary/aromatic N) is 2. The molecule has 5 aromatic rings. The first-order chi connectivity index (χ1) is 22.8. The molecule has 0 radical (unpaired) electrons. The highest BCUT2D eigenvalue weighted by Gasteiger charge is 2.31. The molecule has 8 nitrogen and oxygen atoms in total. The van der Waals surface area contributed by atoms with E-state index in [1.807, 2.05) is 68.5 Å². The van der Waals surface area contributed by atoms with E-state index in [9.17, 15) is 9.59 Å². The van der Waals surface area contributed by atoms with E-state index in [4.69, 9.17) is 42.1 Å². The lowest BCUT2D eigenvalue weighted by Crippen LogP contribution is -2.39. The third-order valence-corrected chi connectivity index (χ3v) is 9.33. The summed E-state index contributed by atoms with van der Waals surface area (Å²) in [5, 5.41) is 2.79. The maximum atomic E-state index is 14.3. The van der Waals surface area contributed by atoms with Gasteiger partial charge in [0.15, 0.2) is 16.3 Å². The van der Waals surface area contributed by atoms with Gasteiger partial charge in [0.2, 0.25) is 0 Å². The molecule has 0 unspecified atom stereocenters. The fourth-order valence-corrected chi connectivity index (χ4v) is 6.73. The second kappa shape index (κ2) is 14.0. The van der Waals surface area contributed by atoms with E-state index in [1.165, 1.54) is 29.2 Å². The molecule has 0 amide bonds. The Hall–Kier alpha value is -4.57. The molecule has 6 rings (SSSR count). The lowest BCUT2D eigenvalue weighted by molar-refractivity contribution is -0.136. The van der Waals surface area contributed by atoms with Crippen molar-refractivity contribution in [3.8, 4) is 17.2 Å². The minimum Gasteiger partial charge on any atom is -0.490 e. The van der Waals surface area contributed by atoms with Crippen LogP contribution in [0.1, 0.15) is 36.6 Å². The summed E-state index contributed by atoms with van der Waals surface area (Å²) >= 11 is 13.6. The number of methoxy groups -OCH3 is 1. The summed E-state index contributed by atoms with van der Waals surface area (Å²) in [4.78, 5) is 32.3. The number of fused-ring (bicyclic) bond motifs is 2. The number of benzene rings is 4. The average molecular weight is 690 g/mol. The summed E-state index contributed by atoms with van der Waals surface area (Å²) in [7, 11) is 1.30. The Bertz CT molecular complexity index is 2210. The number of carbonyl (C=O) groups is 1. The van der Waals surface area contributed by atoms with Crippen molar-refractivity contribution in [2.24, 2.45) is 4.99 Å². The molecule has 11 heteroatoms. The summed E-state index contributed by atoms with van der Waals surface area (Å²) in [6.07, 6.45) is 3.28. The van der Waals surface area contributed by atoms with Crippen molar-refractivity contribution in [1.29, 1.82) is 0 Å². The first-order valence-corrected chi connectivity index (χ1v) is 16.5. The fourth-order valence-electron chi connectivity index (χ4n) is 5.46. The molecule has 0 fully saturated rings. The van der Waals surface area contributed by atoms with Crippen LogP contribution in [0.5, 0.6) is 17.2 Å². The van der Waals surface area contributed by atoms with E-state index in [-0.39, 0.29) is 17.7 Å². The van der Waals surface area contributed by atoms with Crippen molar-refractivity contribution >= 4 is 57.4 Å². The highest BCUT2D eigenvalue weighted by molar-refractivity contribution is 7.07. The Morgan fingerprint density at radius 2 is 1.68 bits per heavy atom. The Kier molecular flexibility index (Phi) is 9.68. The van der Waals surface area contributed by atoms with E-state index >= 15 is 0 Å². The van der Waals surface area contributed by atoms with Crippen LogP contribution in [0.3, 0.4) is 0 Å². The van der Waals surface area contributed by atoms with Gasteiger partial charge < -0.3 is 18.9 Å². The van der Waals surface area contributed by atoms with Crippen molar-refractivity contribution < 1.29 is 23.7 Å². The van der Waals surface area contributed by atoms with Crippen LogP contribution >= 0.6 is 34.5 Å². The predicted octanol–water partition coefficient (Wildman–Crippen LogP) is 6.85. The maximum Gasteiger partial charge on any atom is 0.337 e. The van der Waals surface area contributed by atoms with Crippen molar-refractivity contribution in [2.75, 3.05) is 20.3 Å². The van der Waals surface area contributed by atoms with Crippen molar-refractivity contribution in [2.45, 2.75) is 26.5 Å². The third kappa shape index (κ3) is 6.52. The first-order valence-electron chi connectivity index (χ1n) is 14.9. The second-order valence-corrected chi connectivity index (χ2v) is 12.3. The average Bonchev–Trinajstić information content (AvgIpc) is 3.40. The molecule has 0 bridgehead atoms. The van der Waals surface area contributed by atoms with Crippen LogP contribution in [0.4, 0.5) is 0 Å². The quantitative estimate of drug-likeness (QED) is 0.149. The highest BCUT2D eigenvalue weighted by atomic mass is 35.5. The number of hydrogen-bond acceptors (Lipinski definition) is 8. The molecular weight excluding hydrogens is 659 g/mol. The number of hydrogen-bond donors (Lipinski definition) is 0. The first kappa shape index (κ1) is 32.4. The van der Waals surface area contributed by atoms with E-state index in [0.29, 0.717) is 55.4 Å². The van der Waals surface area contributed by atoms with Crippen LogP contribution in [0.15, 0.2) is 94.4 Å². The maximum absolute atomic E-state index is 14.3. The van der Waals surface area contributed by atoms with Gasteiger partial charge in [-0.05, 0) is 72.2 Å². The molecule has 0 aliphatic carbocycles. The van der Waals surface area contributed by atoms with Crippen LogP contribution in [0.2, 0.25) is 10.0 Å². The van der Waals surface area contributed by atoms with Crippen molar-refractivity contribution in [1.82, 2.24) is 4.57 Å². The summed E-state index contributed by atoms with van der Waals surface area (Å²) in [6, 6.07) is 21.7. The van der Waals surface area contributed by atoms with Gasteiger partial charge in [-0.1, -0.05) is 77.0 Å². The summed E-state index contributed by atoms with van der Waals surface area (Å²) in [5.41, 5.74) is 2.12. The van der Waals surface area contributed by atoms with Crippen LogP contribution in [-0.4, -0.2) is 30.9 Å². The van der Waals surface area contributed by atoms with E-state index in [0.717, 1.165) is 21.9 Å². The minimum absolute atomic E-state index is 0.217. The molecule has 0 saturated carbocycles. The Morgan fingerprint density at radius 3 is 2.45 bits per heavy atom. The molecule has 1 aliphatic rings. The number of rotatable bonds is 10. The highest BCUT2D eigenvalue weighted by Crippen LogP contribution is 2.35. The van der Waals surface area contributed by atoms with Crippen molar-refractivity contribution in [3.63, 3.8) is 0 Å². The third-order valence-electron chi connectivity index (χ3n) is 7.59. The largest absolute Gasteiger partial charge is 0.490 e. The predicted molar refractivity (Wildman–Crippen MR) is 185 cm³/mol. The zero-order valence-electron chi connectivity index (χ0n) is 25.8. The monoisotopic (exact) mass is 688 g/mol. The standard InChI is InChI=1S/C36H30Cl2N2O6S/c1-4-44-30-15-12-23(17-31(30)45-5-2)33-26(35(42)43-3)19-39-36-40(33)34(41)32(47-36)18-25-24-9-7-6-8-22(24)11-14-29(25)46-20-21-10-13-27(37)28(38)16-21/h6-19,33H,4-5,20H2,1-3H3/b32-18+/t33-/m1/s1. The molecule has 0 saturated heterocycles. The van der Waals surface area contributed by atoms with Gasteiger partial charge in [-0.25, -0.2) is 9.79 Å². The normalized spacial score (nSPS) is 14.3. The number of ether oxygens (including phenoxy) is 4. The Morgan fingerprint density at radius 1 is 0.915 bits per heavy atom. The molecule has 2 heterocycles. The van der Waals surface area contributed by atoms with Crippen molar-refractivity contribution in [3.05, 3.63) is 131 Å². The van der Waals surface area contributed by atoms with E-state index in [1.54, 1.807) is 24.3 Å². The zero-order chi connectivity index (χ0) is 33.1. The molecule has 240 valence electrons. The molecule has 1 atom stereocenters. The van der Waals surface area contributed by atoms with Gasteiger partial charge in [-0.2, -0.15) is 0 Å². The lowest BCUT2D eigenvalue weighted by atomic mass is 9.97. The number of thiazole rings is 1. The van der Waals surface area contributed by atoms with Crippen LogP contribution in [-0.2, 0) is 16.1 Å². The molecule has 0 N–H and O–H groups in total. The van der Waals surface area contributed by atoms with E-state index < -0.39 is 12.0 Å². The van der Waals surface area contributed by atoms with Crippen LogP contribution < -0.4 is 29.1 Å². The molecule has 1 aliphatic heterocycles. The fraction of sp³-hybridized carbons (Fsp3) is 0.194. The van der Waals surface area contributed by atoms with Gasteiger partial charge in [0.25, 0.3) is 5.56 Å². The molecule has 4 aromatic carbocycles. The molecule has 47 heavy (non-hydrogen) atoms. The number of esters is 1. The van der Waals surface area contributed by atoms with Crippen LogP contribution in [0.25, 0.3) is 16.8 Å². The summed E-state index contributed by atoms with van der Waals surface area (Å²) in [5.74, 6) is 1.07. The Balaban J connectivity index is 1.49. The summed E-state index contributed by atoms with van der Waals surface area (Å²) < 4.78 is 25.0. The summed E-state index contributed by atoms with van der Waals surface area (Å²) in [6.45, 7) is 4.86. The van der Waals surface area contributed by atoms with Gasteiger partial charge in [0.1, 0.15) is 12.4 Å². The number of halogens is 2. The lowest BCUT2D eigenvalue weighted by Gasteiger charge is -2.23. The number of aromatic nitrogens is 1. The van der Waals surface area contributed by atoms with Gasteiger partial charge in [-0.15, -0.1) is 0 Å². The van der Waals surface area contributed by atoms with Gasteiger partial charge in [-0.3, -0.25) is 9.36 Å². The van der Waals surface area contributed by atoms with Crippen LogP contribution in [0, 0.1) is 0 Å². The van der Waals surface area contributed by atoms with E-state index in [2.05, 4.69) is 4.99 Å². The molecule has 0 spiro atoms. The molecule has 1 aromatic heterocycles. The molecular formula is C36H30Cl2N2O6S. The SMILES string of the molecule is CCOc1ccc([C@@H]2C(C(=O)OC)=CN=c3s/c(=C/c4c(OCc5ccc(Cl)c(Cl)c5)ccc5ccccc45)c(=O)n32)cc1OCC. The van der Waals surface area contributed by atoms with Gasteiger partial charge in [0, 0.05) is 11.8 Å². The van der Waals surface area contributed by atoms with Gasteiger partial charge >= 0.3 is 5.97 Å². The Labute approximate surface area is 284 Å². The number of carbonyl (C=O) groups excluding carboxylic acids is 1. The zero-order valence-corrected chi connectivity index (χ0v) is 28.1. The van der Waals surface area contributed by atoms with Gasteiger partial charge in [0.05, 0.1) is 46.5 Å². The topological polar surface area (TPSA) is 88.4 Å². The second-order valence-electron chi connectivity index (χ2n) is 10.5. The smallest absolute Gasteiger partial charge is 0.337 e. The minimum atomic E-state index is -0.811.